The maximum absolute atomic E-state index is 11.7. The third-order valence-electron chi connectivity index (χ3n) is 4.60. The number of amides is 1. The van der Waals surface area contributed by atoms with Crippen molar-refractivity contribution >= 4 is 40.7 Å². The lowest BCUT2D eigenvalue weighted by molar-refractivity contribution is -0.384. The third kappa shape index (κ3) is 5.57. The van der Waals surface area contributed by atoms with Gasteiger partial charge in [-0.25, -0.2) is 4.79 Å². The third-order valence-corrected chi connectivity index (χ3v) is 5.34. The second-order valence-electron chi connectivity index (χ2n) is 6.64. The summed E-state index contributed by atoms with van der Waals surface area (Å²) in [5.74, 6) is 0. The summed E-state index contributed by atoms with van der Waals surface area (Å²) in [7, 11) is 0. The molecule has 0 aromatic heterocycles. The Bertz CT molecular complexity index is 894. The molecule has 1 fully saturated rings. The maximum Gasteiger partial charge on any atom is 0.411 e. The van der Waals surface area contributed by atoms with Crippen LogP contribution in [0.15, 0.2) is 42.5 Å². The highest BCUT2D eigenvalue weighted by Crippen LogP contribution is 2.24. The Labute approximate surface area is 177 Å². The molecule has 0 spiro atoms. The fourth-order valence-electron chi connectivity index (χ4n) is 3.18. The summed E-state index contributed by atoms with van der Waals surface area (Å²) in [4.78, 5) is 25.3. The van der Waals surface area contributed by atoms with Gasteiger partial charge in [-0.1, -0.05) is 29.3 Å². The van der Waals surface area contributed by atoms with Crippen LogP contribution in [0.2, 0.25) is 10.0 Å². The average Bonchev–Trinajstić information content (AvgIpc) is 2.69. The molecule has 1 heterocycles. The minimum atomic E-state index is -1.15. The van der Waals surface area contributed by atoms with Crippen LogP contribution in [0.1, 0.15) is 5.56 Å². The molecule has 1 amide bonds. The minimum absolute atomic E-state index is 0.0965. The van der Waals surface area contributed by atoms with Crippen molar-refractivity contribution in [2.75, 3.05) is 31.1 Å². The molecule has 29 heavy (non-hydrogen) atoms. The first-order chi connectivity index (χ1) is 13.8. The highest BCUT2D eigenvalue weighted by atomic mass is 35.5. The number of nitrogens with zero attached hydrogens (tertiary/aromatic N) is 3. The number of non-ortho nitro benzene ring substituents is 1. The minimum Gasteiger partial charge on any atom is -0.465 e. The number of anilines is 1. The van der Waals surface area contributed by atoms with Gasteiger partial charge in [0.15, 0.2) is 0 Å². The molecule has 10 heteroatoms. The lowest BCUT2D eigenvalue weighted by Crippen LogP contribution is -2.48. The zero-order valence-corrected chi connectivity index (χ0v) is 16.8. The van der Waals surface area contributed by atoms with Crippen LogP contribution in [0, 0.1) is 10.1 Å². The van der Waals surface area contributed by atoms with E-state index in [0.717, 1.165) is 10.5 Å². The molecule has 1 atom stereocenters. The monoisotopic (exact) mass is 439 g/mol. The van der Waals surface area contributed by atoms with Gasteiger partial charge in [0.05, 0.1) is 34.2 Å². The summed E-state index contributed by atoms with van der Waals surface area (Å²) in [5.41, 5.74) is 1.26. The van der Waals surface area contributed by atoms with Crippen molar-refractivity contribution in [2.45, 2.75) is 12.6 Å². The highest BCUT2D eigenvalue weighted by molar-refractivity contribution is 6.42. The van der Waals surface area contributed by atoms with Crippen molar-refractivity contribution in [1.82, 2.24) is 4.90 Å². The summed E-state index contributed by atoms with van der Waals surface area (Å²) in [5, 5.41) is 21.4. The predicted octanol–water partition coefficient (Wildman–Crippen LogP) is 4.29. The van der Waals surface area contributed by atoms with Crippen LogP contribution in [0.25, 0.3) is 0 Å². The summed E-state index contributed by atoms with van der Waals surface area (Å²) in [6.07, 6.45) is -1.48. The van der Waals surface area contributed by atoms with E-state index in [2.05, 4.69) is 4.90 Å². The van der Waals surface area contributed by atoms with Crippen LogP contribution in [-0.2, 0) is 11.3 Å². The topological polar surface area (TPSA) is 96.2 Å². The van der Waals surface area contributed by atoms with E-state index in [0.29, 0.717) is 42.0 Å². The molecule has 0 aliphatic carbocycles. The Morgan fingerprint density at radius 1 is 1.24 bits per heavy atom. The smallest absolute Gasteiger partial charge is 0.411 e. The van der Waals surface area contributed by atoms with Crippen molar-refractivity contribution in [3.63, 3.8) is 0 Å². The van der Waals surface area contributed by atoms with E-state index in [1.54, 1.807) is 6.07 Å². The Kier molecular flexibility index (Phi) is 6.92. The highest BCUT2D eigenvalue weighted by Gasteiger charge is 2.26. The summed E-state index contributed by atoms with van der Waals surface area (Å²) in [6, 6.07) is 10.9. The number of rotatable bonds is 6. The number of carbonyl (C=O) groups is 1. The molecule has 0 bridgehead atoms. The second-order valence-corrected chi connectivity index (χ2v) is 7.46. The van der Waals surface area contributed by atoms with E-state index in [1.807, 2.05) is 12.1 Å². The first-order valence-electron chi connectivity index (χ1n) is 8.86. The van der Waals surface area contributed by atoms with E-state index < -0.39 is 11.0 Å². The Hall–Kier alpha value is -2.39. The van der Waals surface area contributed by atoms with Gasteiger partial charge in [-0.3, -0.25) is 19.9 Å². The predicted molar refractivity (Wildman–Crippen MR) is 110 cm³/mol. The SMILES string of the molecule is O=C(O)N(C[C@H]1CN(Cc2ccc(Cl)c(Cl)c2)CCO1)c1ccc([N+](=O)[O-])cc1. The molecule has 2 aromatic carbocycles. The fourth-order valence-corrected chi connectivity index (χ4v) is 3.50. The zero-order valence-electron chi connectivity index (χ0n) is 15.3. The van der Waals surface area contributed by atoms with Crippen molar-refractivity contribution in [3.05, 3.63) is 68.2 Å². The van der Waals surface area contributed by atoms with Gasteiger partial charge < -0.3 is 9.84 Å². The molecule has 8 nitrogen and oxygen atoms in total. The van der Waals surface area contributed by atoms with Crippen molar-refractivity contribution < 1.29 is 19.6 Å². The molecular formula is C19H19Cl2N3O5. The van der Waals surface area contributed by atoms with E-state index in [1.165, 1.54) is 24.3 Å². The molecule has 2 aromatic rings. The van der Waals surface area contributed by atoms with Gasteiger partial charge in [-0.15, -0.1) is 0 Å². The van der Waals surface area contributed by atoms with Crippen molar-refractivity contribution in [3.8, 4) is 0 Å². The summed E-state index contributed by atoms with van der Waals surface area (Å²) < 4.78 is 5.75. The largest absolute Gasteiger partial charge is 0.465 e. The fraction of sp³-hybridized carbons (Fsp3) is 0.316. The molecule has 154 valence electrons. The van der Waals surface area contributed by atoms with Gasteiger partial charge in [-0.05, 0) is 29.8 Å². The normalized spacial score (nSPS) is 17.1. The standard InChI is InChI=1S/C19H19Cl2N3O5/c20-17-6-1-13(9-18(17)21)10-22-7-8-29-16(11-22)12-23(19(25)26)14-2-4-15(5-3-14)24(27)28/h1-6,9,16H,7-8,10-12H2,(H,25,26)/t16-/m1/s1. The van der Waals surface area contributed by atoms with Gasteiger partial charge in [0.2, 0.25) is 0 Å². The summed E-state index contributed by atoms with van der Waals surface area (Å²) >= 11 is 12.0. The molecule has 0 unspecified atom stereocenters. The second kappa shape index (κ2) is 9.41. The van der Waals surface area contributed by atoms with Crippen LogP contribution in [0.3, 0.4) is 0 Å². The first kappa shape index (κ1) is 21.3. The first-order valence-corrected chi connectivity index (χ1v) is 9.62. The number of morpholine rings is 1. The Morgan fingerprint density at radius 3 is 2.59 bits per heavy atom. The van der Waals surface area contributed by atoms with Crippen molar-refractivity contribution in [1.29, 1.82) is 0 Å². The molecule has 1 aliphatic heterocycles. The van der Waals surface area contributed by atoms with Crippen LogP contribution in [0.5, 0.6) is 0 Å². The number of hydrogen-bond donors (Lipinski definition) is 1. The molecule has 3 rings (SSSR count). The lowest BCUT2D eigenvalue weighted by Gasteiger charge is -2.35. The number of benzene rings is 2. The quantitative estimate of drug-likeness (QED) is 0.532. The number of nitro groups is 1. The van der Waals surface area contributed by atoms with Crippen LogP contribution >= 0.6 is 23.2 Å². The number of nitro benzene ring substituents is 1. The number of ether oxygens (including phenoxy) is 1. The van der Waals surface area contributed by atoms with Crippen molar-refractivity contribution in [2.24, 2.45) is 0 Å². The summed E-state index contributed by atoms with van der Waals surface area (Å²) in [6.45, 7) is 2.48. The molecular weight excluding hydrogens is 421 g/mol. The number of halogens is 2. The van der Waals surface area contributed by atoms with E-state index in [-0.39, 0.29) is 18.3 Å². The average molecular weight is 440 g/mol. The molecule has 0 saturated carbocycles. The van der Waals surface area contributed by atoms with Crippen LogP contribution < -0.4 is 4.90 Å². The lowest BCUT2D eigenvalue weighted by atomic mass is 10.1. The van der Waals surface area contributed by atoms with Gasteiger partial charge in [0.1, 0.15) is 0 Å². The van der Waals surface area contributed by atoms with Crippen LogP contribution in [0.4, 0.5) is 16.2 Å². The van der Waals surface area contributed by atoms with Gasteiger partial charge in [-0.2, -0.15) is 0 Å². The molecule has 1 saturated heterocycles. The van der Waals surface area contributed by atoms with E-state index in [4.69, 9.17) is 27.9 Å². The van der Waals surface area contributed by atoms with Crippen LogP contribution in [-0.4, -0.2) is 53.4 Å². The van der Waals surface area contributed by atoms with E-state index in [9.17, 15) is 20.0 Å². The number of hydrogen-bond acceptors (Lipinski definition) is 5. The Balaban J connectivity index is 1.66. The molecule has 1 aliphatic rings. The zero-order chi connectivity index (χ0) is 21.0. The van der Waals surface area contributed by atoms with E-state index >= 15 is 0 Å². The number of carboxylic acid groups (broad SMARTS) is 1. The molecule has 1 N–H and O–H groups in total. The van der Waals surface area contributed by atoms with Gasteiger partial charge >= 0.3 is 6.09 Å². The maximum atomic E-state index is 11.7. The molecule has 0 radical (unpaired) electrons. The van der Waals surface area contributed by atoms with Gasteiger partial charge in [0, 0.05) is 37.5 Å². The Morgan fingerprint density at radius 2 is 1.97 bits per heavy atom. The van der Waals surface area contributed by atoms with Gasteiger partial charge in [0.25, 0.3) is 5.69 Å².